The highest BCUT2D eigenvalue weighted by molar-refractivity contribution is 5.97. The van der Waals surface area contributed by atoms with Crippen LogP contribution in [-0.2, 0) is 9.53 Å². The Morgan fingerprint density at radius 3 is 2.69 bits per heavy atom. The summed E-state index contributed by atoms with van der Waals surface area (Å²) in [5.41, 5.74) is 0.459. The number of nitrogens with one attached hydrogen (secondary N) is 2. The Kier molecular flexibility index (Phi) is 7.48. The predicted molar refractivity (Wildman–Crippen MR) is 108 cm³/mol. The van der Waals surface area contributed by atoms with E-state index in [1.54, 1.807) is 32.4 Å². The summed E-state index contributed by atoms with van der Waals surface area (Å²) in [6, 6.07) is 4.96. The minimum Gasteiger partial charge on any atom is -0.497 e. The van der Waals surface area contributed by atoms with Gasteiger partial charge in [0.25, 0.3) is 5.91 Å². The van der Waals surface area contributed by atoms with Crippen molar-refractivity contribution in [3.8, 4) is 11.5 Å². The van der Waals surface area contributed by atoms with Crippen LogP contribution in [0.1, 0.15) is 23.2 Å². The number of methoxy groups -OCH3 is 2. The van der Waals surface area contributed by atoms with Gasteiger partial charge in [0, 0.05) is 52.2 Å². The van der Waals surface area contributed by atoms with Crippen LogP contribution in [0, 0.1) is 0 Å². The molecule has 1 aromatic rings. The SMILES string of the molecule is COCCNC(=O)c1ccc(OC)cc1OC1CCN(C(=O)[C@H]2C=CCN2)CC1. The number of hydrogen-bond acceptors (Lipinski definition) is 6. The first-order valence-corrected chi connectivity index (χ1v) is 9.93. The fourth-order valence-electron chi connectivity index (χ4n) is 3.48. The van der Waals surface area contributed by atoms with E-state index in [-0.39, 0.29) is 24.0 Å². The van der Waals surface area contributed by atoms with E-state index >= 15 is 0 Å². The molecule has 1 fully saturated rings. The van der Waals surface area contributed by atoms with E-state index in [4.69, 9.17) is 14.2 Å². The van der Waals surface area contributed by atoms with E-state index in [0.29, 0.717) is 56.1 Å². The fraction of sp³-hybridized carbons (Fsp3) is 0.524. The average Bonchev–Trinajstić information content (AvgIpc) is 3.28. The van der Waals surface area contributed by atoms with Crippen LogP contribution in [-0.4, -0.2) is 75.9 Å². The molecule has 0 aromatic heterocycles. The van der Waals surface area contributed by atoms with Crippen LogP contribution in [0.2, 0.25) is 0 Å². The van der Waals surface area contributed by atoms with Gasteiger partial charge in [-0.3, -0.25) is 14.9 Å². The second-order valence-corrected chi connectivity index (χ2v) is 7.07. The lowest BCUT2D eigenvalue weighted by Gasteiger charge is -2.33. The van der Waals surface area contributed by atoms with Crippen molar-refractivity contribution in [1.82, 2.24) is 15.5 Å². The molecule has 158 valence electrons. The van der Waals surface area contributed by atoms with Gasteiger partial charge in [-0.15, -0.1) is 0 Å². The summed E-state index contributed by atoms with van der Waals surface area (Å²) < 4.78 is 16.4. The van der Waals surface area contributed by atoms with Crippen molar-refractivity contribution in [2.45, 2.75) is 25.0 Å². The zero-order valence-electron chi connectivity index (χ0n) is 17.0. The molecule has 2 amide bonds. The van der Waals surface area contributed by atoms with Crippen LogP contribution < -0.4 is 20.1 Å². The molecule has 2 aliphatic heterocycles. The van der Waals surface area contributed by atoms with E-state index in [1.807, 2.05) is 17.1 Å². The third-order valence-corrected chi connectivity index (χ3v) is 5.12. The van der Waals surface area contributed by atoms with Crippen LogP contribution in [0.5, 0.6) is 11.5 Å². The summed E-state index contributed by atoms with van der Waals surface area (Å²) in [5, 5.41) is 5.97. The molecule has 0 saturated carbocycles. The molecule has 29 heavy (non-hydrogen) atoms. The molecule has 2 heterocycles. The number of rotatable bonds is 8. The maximum atomic E-state index is 12.5. The number of nitrogens with zero attached hydrogens (tertiary/aromatic N) is 1. The monoisotopic (exact) mass is 403 g/mol. The lowest BCUT2D eigenvalue weighted by atomic mass is 10.1. The van der Waals surface area contributed by atoms with Gasteiger partial charge in [0.05, 0.1) is 19.3 Å². The number of carbonyl (C=O) groups is 2. The number of hydrogen-bond donors (Lipinski definition) is 2. The smallest absolute Gasteiger partial charge is 0.255 e. The summed E-state index contributed by atoms with van der Waals surface area (Å²) in [4.78, 5) is 26.9. The quantitative estimate of drug-likeness (QED) is 0.497. The van der Waals surface area contributed by atoms with Gasteiger partial charge in [-0.1, -0.05) is 12.2 Å². The Labute approximate surface area is 171 Å². The molecule has 0 aliphatic carbocycles. The highest BCUT2D eigenvalue weighted by atomic mass is 16.5. The van der Waals surface area contributed by atoms with Gasteiger partial charge in [0.2, 0.25) is 5.91 Å². The molecule has 8 heteroatoms. The Balaban J connectivity index is 1.61. The zero-order valence-corrected chi connectivity index (χ0v) is 17.0. The first-order valence-electron chi connectivity index (χ1n) is 9.93. The second kappa shape index (κ2) is 10.3. The van der Waals surface area contributed by atoms with Gasteiger partial charge < -0.3 is 24.4 Å². The summed E-state index contributed by atoms with van der Waals surface area (Å²) in [7, 11) is 3.16. The van der Waals surface area contributed by atoms with E-state index < -0.39 is 0 Å². The van der Waals surface area contributed by atoms with Crippen LogP contribution in [0.4, 0.5) is 0 Å². The number of ether oxygens (including phenoxy) is 3. The molecule has 1 aromatic carbocycles. The van der Waals surface area contributed by atoms with E-state index in [0.717, 1.165) is 6.54 Å². The first-order chi connectivity index (χ1) is 14.1. The van der Waals surface area contributed by atoms with Crippen molar-refractivity contribution in [1.29, 1.82) is 0 Å². The van der Waals surface area contributed by atoms with Crippen molar-refractivity contribution < 1.29 is 23.8 Å². The van der Waals surface area contributed by atoms with Gasteiger partial charge in [-0.25, -0.2) is 0 Å². The number of benzene rings is 1. The second-order valence-electron chi connectivity index (χ2n) is 7.07. The molecule has 1 saturated heterocycles. The number of carbonyl (C=O) groups excluding carboxylic acids is 2. The standard InChI is InChI=1S/C21H29N3O5/c1-27-13-10-23-20(25)17-6-5-16(28-2)14-19(17)29-15-7-11-24(12-8-15)21(26)18-4-3-9-22-18/h3-6,14-15,18,22H,7-13H2,1-2H3,(H,23,25)/t18-/m1/s1. The molecule has 0 spiro atoms. The number of piperidine rings is 1. The van der Waals surface area contributed by atoms with Gasteiger partial charge in [0.15, 0.2) is 0 Å². The molecule has 3 rings (SSSR count). The first kappa shape index (κ1) is 21.1. The van der Waals surface area contributed by atoms with Crippen molar-refractivity contribution in [2.75, 3.05) is 47.0 Å². The van der Waals surface area contributed by atoms with Crippen LogP contribution in [0.3, 0.4) is 0 Å². The van der Waals surface area contributed by atoms with Crippen LogP contribution in [0.15, 0.2) is 30.4 Å². The Bertz CT molecular complexity index is 744. The van der Waals surface area contributed by atoms with Gasteiger partial charge in [0.1, 0.15) is 23.6 Å². The lowest BCUT2D eigenvalue weighted by Crippen LogP contribution is -2.48. The van der Waals surface area contributed by atoms with Crippen molar-refractivity contribution in [3.63, 3.8) is 0 Å². The summed E-state index contributed by atoms with van der Waals surface area (Å²) in [6.07, 6.45) is 5.24. The highest BCUT2D eigenvalue weighted by Gasteiger charge is 2.29. The Morgan fingerprint density at radius 2 is 2.03 bits per heavy atom. The molecule has 0 radical (unpaired) electrons. The Hall–Kier alpha value is -2.58. The van der Waals surface area contributed by atoms with E-state index in [9.17, 15) is 9.59 Å². The topological polar surface area (TPSA) is 89.1 Å². The molecule has 2 aliphatic rings. The summed E-state index contributed by atoms with van der Waals surface area (Å²) in [6.45, 7) is 2.87. The van der Waals surface area contributed by atoms with Gasteiger partial charge in [-0.2, -0.15) is 0 Å². The van der Waals surface area contributed by atoms with E-state index in [1.165, 1.54) is 0 Å². The van der Waals surface area contributed by atoms with Crippen molar-refractivity contribution >= 4 is 11.8 Å². The maximum absolute atomic E-state index is 12.5. The fourth-order valence-corrected chi connectivity index (χ4v) is 3.48. The van der Waals surface area contributed by atoms with Crippen molar-refractivity contribution in [3.05, 3.63) is 35.9 Å². The predicted octanol–water partition coefficient (Wildman–Crippen LogP) is 0.969. The number of amides is 2. The lowest BCUT2D eigenvalue weighted by molar-refractivity contribution is -0.133. The summed E-state index contributed by atoms with van der Waals surface area (Å²) >= 11 is 0. The molecule has 0 unspecified atom stereocenters. The van der Waals surface area contributed by atoms with Gasteiger partial charge >= 0.3 is 0 Å². The highest BCUT2D eigenvalue weighted by Crippen LogP contribution is 2.28. The minimum atomic E-state index is -0.216. The summed E-state index contributed by atoms with van der Waals surface area (Å²) in [5.74, 6) is 1.01. The molecule has 8 nitrogen and oxygen atoms in total. The third-order valence-electron chi connectivity index (χ3n) is 5.12. The minimum absolute atomic E-state index is 0.0660. The van der Waals surface area contributed by atoms with Gasteiger partial charge in [-0.05, 0) is 12.1 Å². The molecule has 1 atom stereocenters. The van der Waals surface area contributed by atoms with E-state index in [2.05, 4.69) is 10.6 Å². The largest absolute Gasteiger partial charge is 0.497 e. The van der Waals surface area contributed by atoms with Crippen LogP contribution in [0.25, 0.3) is 0 Å². The Morgan fingerprint density at radius 1 is 1.24 bits per heavy atom. The average molecular weight is 403 g/mol. The van der Waals surface area contributed by atoms with Crippen LogP contribution >= 0.6 is 0 Å². The molecular weight excluding hydrogens is 374 g/mol. The zero-order chi connectivity index (χ0) is 20.6. The molecular formula is C21H29N3O5. The molecule has 0 bridgehead atoms. The number of likely N-dealkylation sites (tertiary alicyclic amines) is 1. The third kappa shape index (κ3) is 5.48. The maximum Gasteiger partial charge on any atom is 0.255 e. The molecule has 2 N–H and O–H groups in total. The van der Waals surface area contributed by atoms with Crippen molar-refractivity contribution in [2.24, 2.45) is 0 Å². The normalized spacial score (nSPS) is 19.2.